The number of hydrogen-bond acceptors (Lipinski definition) is 5. The van der Waals surface area contributed by atoms with E-state index in [0.717, 1.165) is 27.8 Å². The molecule has 2 aliphatic rings. The summed E-state index contributed by atoms with van der Waals surface area (Å²) in [4.78, 5) is 44.1. The highest BCUT2D eigenvalue weighted by molar-refractivity contribution is 6.07. The lowest BCUT2D eigenvalue weighted by atomic mass is 10.1. The highest BCUT2D eigenvalue weighted by atomic mass is 16.6. The van der Waals surface area contributed by atoms with Gasteiger partial charge in [-0.15, -0.1) is 0 Å². The fraction of sp³-hybridized carbons (Fsp3) is 0.207. The summed E-state index contributed by atoms with van der Waals surface area (Å²) in [5.41, 5.74) is 4.76. The SMILES string of the molecule is O=C(NC[C@H]1CN(c2ccc(N3CCOCC3=O)cc2)C(=O)O1)Nc1c(-c2ccccc2)[nH]c2ccccc12. The van der Waals surface area contributed by atoms with Crippen molar-refractivity contribution in [1.29, 1.82) is 0 Å². The van der Waals surface area contributed by atoms with Crippen LogP contribution in [0.2, 0.25) is 0 Å². The van der Waals surface area contributed by atoms with Crippen LogP contribution in [0, 0.1) is 0 Å². The zero-order valence-corrected chi connectivity index (χ0v) is 21.1. The van der Waals surface area contributed by atoms with Gasteiger partial charge in [0.25, 0.3) is 5.91 Å². The van der Waals surface area contributed by atoms with Gasteiger partial charge in [0.05, 0.1) is 31.1 Å². The van der Waals surface area contributed by atoms with Crippen LogP contribution in [0.4, 0.5) is 26.7 Å². The van der Waals surface area contributed by atoms with Crippen molar-refractivity contribution in [3.8, 4) is 11.3 Å². The first kappa shape index (κ1) is 24.5. The molecular formula is C29H27N5O5. The van der Waals surface area contributed by atoms with E-state index in [1.165, 1.54) is 4.90 Å². The highest BCUT2D eigenvalue weighted by Gasteiger charge is 2.33. The Morgan fingerprint density at radius 1 is 0.923 bits per heavy atom. The number of rotatable bonds is 6. The summed E-state index contributed by atoms with van der Waals surface area (Å²) in [5, 5.41) is 6.70. The van der Waals surface area contributed by atoms with Gasteiger partial charge < -0.3 is 30.0 Å². The van der Waals surface area contributed by atoms with E-state index in [1.54, 1.807) is 29.2 Å². The Morgan fingerprint density at radius 3 is 2.41 bits per heavy atom. The molecular weight excluding hydrogens is 498 g/mol. The first-order valence-electron chi connectivity index (χ1n) is 12.7. The van der Waals surface area contributed by atoms with E-state index in [1.807, 2.05) is 54.6 Å². The van der Waals surface area contributed by atoms with Crippen LogP contribution in [-0.4, -0.2) is 62.0 Å². The van der Waals surface area contributed by atoms with E-state index >= 15 is 0 Å². The van der Waals surface area contributed by atoms with Crippen molar-refractivity contribution in [2.75, 3.05) is 48.0 Å². The number of carbonyl (C=O) groups excluding carboxylic acids is 3. The van der Waals surface area contributed by atoms with Gasteiger partial charge in [0.2, 0.25) is 0 Å². The summed E-state index contributed by atoms with van der Waals surface area (Å²) < 4.78 is 10.7. The Bertz CT molecular complexity index is 1520. The van der Waals surface area contributed by atoms with Gasteiger partial charge in [0.15, 0.2) is 0 Å². The van der Waals surface area contributed by atoms with Crippen LogP contribution in [0.15, 0.2) is 78.9 Å². The van der Waals surface area contributed by atoms with Crippen molar-refractivity contribution in [1.82, 2.24) is 10.3 Å². The Balaban J connectivity index is 1.09. The third kappa shape index (κ3) is 5.01. The zero-order valence-electron chi connectivity index (χ0n) is 21.1. The average molecular weight is 526 g/mol. The Kier molecular flexibility index (Phi) is 6.60. The number of morpholine rings is 1. The van der Waals surface area contributed by atoms with Crippen molar-refractivity contribution < 1.29 is 23.9 Å². The van der Waals surface area contributed by atoms with Gasteiger partial charge in [0, 0.05) is 34.4 Å². The van der Waals surface area contributed by atoms with Gasteiger partial charge in [-0.3, -0.25) is 9.69 Å². The summed E-state index contributed by atoms with van der Waals surface area (Å²) in [5.74, 6) is -0.0949. The fourth-order valence-electron chi connectivity index (χ4n) is 4.90. The number of H-pyrrole nitrogens is 1. The molecule has 4 aromatic rings. The van der Waals surface area contributed by atoms with Crippen molar-refractivity contribution in [2.45, 2.75) is 6.10 Å². The first-order chi connectivity index (χ1) is 19.1. The molecule has 39 heavy (non-hydrogen) atoms. The Morgan fingerprint density at radius 2 is 1.64 bits per heavy atom. The predicted octanol–water partition coefficient (Wildman–Crippen LogP) is 4.35. The van der Waals surface area contributed by atoms with E-state index < -0.39 is 18.2 Å². The number of nitrogens with zero attached hydrogens (tertiary/aromatic N) is 2. The lowest BCUT2D eigenvalue weighted by Crippen LogP contribution is -2.41. The number of carbonyl (C=O) groups is 3. The standard InChI is InChI=1S/C29H27N5O5/c35-25-18-38-15-14-33(25)20-10-12-21(13-11-20)34-17-22(39-29(34)37)16-30-28(36)32-27-23-8-4-5-9-24(23)31-26(27)19-6-2-1-3-7-19/h1-13,22,31H,14-18H2,(H2,30,32,36)/t22-/m0/s1. The second-order valence-electron chi connectivity index (χ2n) is 9.35. The van der Waals surface area contributed by atoms with Gasteiger partial charge in [-0.1, -0.05) is 48.5 Å². The topological polar surface area (TPSA) is 116 Å². The number of ether oxygens (including phenoxy) is 2. The molecule has 0 bridgehead atoms. The second kappa shape index (κ2) is 10.5. The lowest BCUT2D eigenvalue weighted by Gasteiger charge is -2.27. The molecule has 1 aromatic heterocycles. The van der Waals surface area contributed by atoms with Crippen LogP contribution < -0.4 is 20.4 Å². The number of para-hydroxylation sites is 1. The minimum Gasteiger partial charge on any atom is -0.442 e. The predicted molar refractivity (Wildman–Crippen MR) is 148 cm³/mol. The number of aromatic amines is 1. The van der Waals surface area contributed by atoms with Crippen molar-refractivity contribution in [3.05, 3.63) is 78.9 Å². The molecule has 4 amide bonds. The molecule has 2 saturated heterocycles. The van der Waals surface area contributed by atoms with Crippen LogP contribution in [0.5, 0.6) is 0 Å². The number of aromatic nitrogens is 1. The maximum atomic E-state index is 12.9. The van der Waals surface area contributed by atoms with Crippen LogP contribution in [0.1, 0.15) is 0 Å². The van der Waals surface area contributed by atoms with Crippen LogP contribution in [0.25, 0.3) is 22.2 Å². The zero-order chi connectivity index (χ0) is 26.8. The normalized spacial score (nSPS) is 17.4. The number of amides is 4. The molecule has 3 aromatic carbocycles. The lowest BCUT2D eigenvalue weighted by molar-refractivity contribution is -0.125. The number of urea groups is 1. The minimum absolute atomic E-state index is 0.0658. The minimum atomic E-state index is -0.514. The van der Waals surface area contributed by atoms with E-state index in [9.17, 15) is 14.4 Å². The highest BCUT2D eigenvalue weighted by Crippen LogP contribution is 2.35. The molecule has 3 N–H and O–H groups in total. The third-order valence-corrected chi connectivity index (χ3v) is 6.83. The number of nitrogens with one attached hydrogen (secondary N) is 3. The van der Waals surface area contributed by atoms with E-state index in [0.29, 0.717) is 24.5 Å². The average Bonchev–Trinajstić information content (AvgIpc) is 3.53. The van der Waals surface area contributed by atoms with E-state index in [-0.39, 0.29) is 25.6 Å². The summed E-state index contributed by atoms with van der Waals surface area (Å²) in [6, 6.07) is 24.3. The maximum absolute atomic E-state index is 12.9. The quantitative estimate of drug-likeness (QED) is 0.346. The van der Waals surface area contributed by atoms with Crippen LogP contribution >= 0.6 is 0 Å². The molecule has 0 saturated carbocycles. The molecule has 1 atom stereocenters. The summed E-state index contributed by atoms with van der Waals surface area (Å²) >= 11 is 0. The van der Waals surface area contributed by atoms with E-state index in [2.05, 4.69) is 15.6 Å². The smallest absolute Gasteiger partial charge is 0.414 e. The Hall–Kier alpha value is -4.83. The third-order valence-electron chi connectivity index (χ3n) is 6.83. The fourth-order valence-corrected chi connectivity index (χ4v) is 4.90. The molecule has 6 rings (SSSR count). The molecule has 2 aliphatic heterocycles. The largest absolute Gasteiger partial charge is 0.442 e. The first-order valence-corrected chi connectivity index (χ1v) is 12.7. The van der Waals surface area contributed by atoms with Gasteiger partial charge in [-0.25, -0.2) is 9.59 Å². The molecule has 10 heteroatoms. The molecule has 2 fully saturated rings. The van der Waals surface area contributed by atoms with Crippen molar-refractivity contribution in [3.63, 3.8) is 0 Å². The monoisotopic (exact) mass is 525 g/mol. The van der Waals surface area contributed by atoms with Gasteiger partial charge in [-0.05, 0) is 30.3 Å². The molecule has 0 radical (unpaired) electrons. The van der Waals surface area contributed by atoms with Gasteiger partial charge in [0.1, 0.15) is 12.7 Å². The summed E-state index contributed by atoms with van der Waals surface area (Å²) in [6.45, 7) is 1.48. The molecule has 0 spiro atoms. The summed E-state index contributed by atoms with van der Waals surface area (Å²) in [7, 11) is 0. The molecule has 198 valence electrons. The molecule has 10 nitrogen and oxygen atoms in total. The molecule has 0 aliphatic carbocycles. The van der Waals surface area contributed by atoms with Crippen molar-refractivity contribution >= 4 is 46.0 Å². The number of hydrogen-bond donors (Lipinski definition) is 3. The van der Waals surface area contributed by atoms with Crippen molar-refractivity contribution in [2.24, 2.45) is 0 Å². The van der Waals surface area contributed by atoms with Gasteiger partial charge in [-0.2, -0.15) is 0 Å². The van der Waals surface area contributed by atoms with Crippen LogP contribution in [-0.2, 0) is 14.3 Å². The Labute approximate surface area is 224 Å². The number of fused-ring (bicyclic) bond motifs is 1. The van der Waals surface area contributed by atoms with Gasteiger partial charge >= 0.3 is 12.1 Å². The molecule has 0 unspecified atom stereocenters. The maximum Gasteiger partial charge on any atom is 0.414 e. The summed E-state index contributed by atoms with van der Waals surface area (Å²) in [6.07, 6.45) is -0.999. The second-order valence-corrected chi connectivity index (χ2v) is 9.35. The van der Waals surface area contributed by atoms with E-state index in [4.69, 9.17) is 9.47 Å². The number of cyclic esters (lactones) is 1. The van der Waals surface area contributed by atoms with Crippen LogP contribution in [0.3, 0.4) is 0 Å². The molecule has 3 heterocycles. The number of benzene rings is 3. The number of anilines is 3.